The summed E-state index contributed by atoms with van der Waals surface area (Å²) in [5.74, 6) is -0.462. The van der Waals surface area contributed by atoms with Crippen LogP contribution in [0.5, 0.6) is 0 Å². The van der Waals surface area contributed by atoms with Crippen LogP contribution in [-0.2, 0) is 4.74 Å². The Bertz CT molecular complexity index is 489. The summed E-state index contributed by atoms with van der Waals surface area (Å²) in [6, 6.07) is 5.43. The molecule has 3 rings (SSSR count). The first-order valence-electron chi connectivity index (χ1n) is 6.25. The molecular weight excluding hydrogens is 230 g/mol. The van der Waals surface area contributed by atoms with Crippen LogP contribution in [0.1, 0.15) is 29.6 Å². The molecule has 1 aromatic carbocycles. The van der Waals surface area contributed by atoms with E-state index in [1.54, 1.807) is 18.2 Å². The second-order valence-corrected chi connectivity index (χ2v) is 5.03. The Balaban J connectivity index is 1.75. The van der Waals surface area contributed by atoms with Gasteiger partial charge in [-0.25, -0.2) is 0 Å². The van der Waals surface area contributed by atoms with Crippen LogP contribution in [0.4, 0.5) is 11.4 Å². The lowest BCUT2D eigenvalue weighted by molar-refractivity contribution is 0.0999. The van der Waals surface area contributed by atoms with Gasteiger partial charge in [-0.2, -0.15) is 0 Å². The number of hydrogen-bond acceptors (Lipinski definition) is 4. The molecule has 2 heterocycles. The van der Waals surface area contributed by atoms with E-state index in [0.29, 0.717) is 29.5 Å². The summed E-state index contributed by atoms with van der Waals surface area (Å²) in [7, 11) is 0. The molecule has 5 N–H and O–H groups in total. The Morgan fingerprint density at radius 2 is 2.22 bits per heavy atom. The second kappa shape index (κ2) is 4.17. The molecule has 2 aliphatic rings. The lowest BCUT2D eigenvalue weighted by Crippen LogP contribution is -2.30. The van der Waals surface area contributed by atoms with Crippen molar-refractivity contribution in [2.24, 2.45) is 5.73 Å². The van der Waals surface area contributed by atoms with Crippen LogP contribution in [0.15, 0.2) is 18.2 Å². The average Bonchev–Trinajstić information content (AvgIpc) is 2.93. The number of hydrogen-bond donors (Lipinski definition) is 3. The van der Waals surface area contributed by atoms with Crippen molar-refractivity contribution in [1.82, 2.24) is 0 Å². The van der Waals surface area contributed by atoms with Gasteiger partial charge in [0, 0.05) is 5.56 Å². The summed E-state index contributed by atoms with van der Waals surface area (Å²) in [4.78, 5) is 11.0. The third kappa shape index (κ3) is 1.90. The van der Waals surface area contributed by atoms with Gasteiger partial charge in [-0.15, -0.1) is 0 Å². The summed E-state index contributed by atoms with van der Waals surface area (Å²) in [5, 5.41) is 3.40. The number of rotatable bonds is 3. The maximum absolute atomic E-state index is 11.0. The van der Waals surface area contributed by atoms with Gasteiger partial charge in [0.1, 0.15) is 0 Å². The molecule has 2 aliphatic heterocycles. The Morgan fingerprint density at radius 3 is 2.78 bits per heavy atom. The van der Waals surface area contributed by atoms with E-state index in [-0.39, 0.29) is 0 Å². The van der Waals surface area contributed by atoms with E-state index < -0.39 is 5.91 Å². The van der Waals surface area contributed by atoms with Gasteiger partial charge in [0.15, 0.2) is 0 Å². The van der Waals surface area contributed by atoms with Gasteiger partial charge in [0.2, 0.25) is 5.91 Å². The number of nitrogens with two attached hydrogens (primary N) is 2. The van der Waals surface area contributed by atoms with E-state index in [1.165, 1.54) is 6.42 Å². The van der Waals surface area contributed by atoms with Crippen molar-refractivity contribution in [2.75, 3.05) is 11.1 Å². The van der Waals surface area contributed by atoms with Crippen LogP contribution in [0, 0.1) is 0 Å². The number of fused-ring (bicyclic) bond motifs is 2. The molecule has 3 atom stereocenters. The third-order valence-electron chi connectivity index (χ3n) is 3.78. The minimum absolute atomic E-state index is 0.296. The van der Waals surface area contributed by atoms with Crippen molar-refractivity contribution in [3.05, 3.63) is 23.8 Å². The highest BCUT2D eigenvalue weighted by atomic mass is 16.5. The first-order valence-corrected chi connectivity index (χ1v) is 6.25. The molecule has 0 aromatic heterocycles. The Morgan fingerprint density at radius 1 is 1.39 bits per heavy atom. The zero-order valence-electron chi connectivity index (χ0n) is 10.1. The molecule has 2 bridgehead atoms. The van der Waals surface area contributed by atoms with E-state index in [2.05, 4.69) is 5.32 Å². The Kier molecular flexibility index (Phi) is 2.63. The van der Waals surface area contributed by atoms with Gasteiger partial charge in [-0.1, -0.05) is 0 Å². The lowest BCUT2D eigenvalue weighted by atomic mass is 9.95. The molecule has 2 fully saturated rings. The van der Waals surface area contributed by atoms with Crippen molar-refractivity contribution in [3.63, 3.8) is 0 Å². The summed E-state index contributed by atoms with van der Waals surface area (Å²) in [6.07, 6.45) is 4.01. The normalized spacial score (nSPS) is 29.4. The number of ether oxygens (including phenoxy) is 1. The van der Waals surface area contributed by atoms with Crippen molar-refractivity contribution in [3.8, 4) is 0 Å². The standard InChI is InChI=1S/C13H17N3O2/c14-9-5-7(13(15)17)1-3-10(9)16-11-6-8-2-4-12(11)18-8/h1,3,5,8,11-12,16H,2,4,6,14H2,(H2,15,17). The smallest absolute Gasteiger partial charge is 0.248 e. The zero-order chi connectivity index (χ0) is 12.7. The highest BCUT2D eigenvalue weighted by Gasteiger charge is 2.40. The molecule has 0 spiro atoms. The molecule has 3 unspecified atom stereocenters. The molecule has 0 aliphatic carbocycles. The van der Waals surface area contributed by atoms with Crippen LogP contribution >= 0.6 is 0 Å². The van der Waals surface area contributed by atoms with E-state index >= 15 is 0 Å². The molecule has 5 nitrogen and oxygen atoms in total. The molecule has 0 radical (unpaired) electrons. The second-order valence-electron chi connectivity index (χ2n) is 5.03. The number of carbonyl (C=O) groups excluding carboxylic acids is 1. The van der Waals surface area contributed by atoms with Gasteiger partial charge in [-0.3, -0.25) is 4.79 Å². The summed E-state index contributed by atoms with van der Waals surface area (Å²) in [6.45, 7) is 0. The van der Waals surface area contributed by atoms with Crippen molar-refractivity contribution in [2.45, 2.75) is 37.5 Å². The molecule has 1 aromatic rings. The first kappa shape index (κ1) is 11.3. The van der Waals surface area contributed by atoms with Crippen LogP contribution in [-0.4, -0.2) is 24.2 Å². The molecule has 18 heavy (non-hydrogen) atoms. The van der Waals surface area contributed by atoms with Gasteiger partial charge in [-0.05, 0) is 37.5 Å². The van der Waals surface area contributed by atoms with Gasteiger partial charge in [0.05, 0.1) is 29.6 Å². The van der Waals surface area contributed by atoms with Gasteiger partial charge < -0.3 is 21.5 Å². The van der Waals surface area contributed by atoms with E-state index in [4.69, 9.17) is 16.2 Å². The van der Waals surface area contributed by atoms with Crippen molar-refractivity contribution >= 4 is 17.3 Å². The first-order chi connectivity index (χ1) is 8.63. The summed E-state index contributed by atoms with van der Waals surface area (Å²) >= 11 is 0. The number of benzene rings is 1. The number of amides is 1. The van der Waals surface area contributed by atoms with Crippen LogP contribution in [0.25, 0.3) is 0 Å². The van der Waals surface area contributed by atoms with Crippen LogP contribution < -0.4 is 16.8 Å². The average molecular weight is 247 g/mol. The zero-order valence-corrected chi connectivity index (χ0v) is 10.1. The molecule has 1 amide bonds. The fraction of sp³-hybridized carbons (Fsp3) is 0.462. The SMILES string of the molecule is NC(=O)c1ccc(NC2CC3CCC2O3)c(N)c1. The van der Waals surface area contributed by atoms with Gasteiger partial charge in [0.25, 0.3) is 0 Å². The molecule has 96 valence electrons. The Labute approximate surface area is 105 Å². The number of anilines is 2. The molecule has 2 saturated heterocycles. The predicted molar refractivity (Wildman–Crippen MR) is 69.3 cm³/mol. The van der Waals surface area contributed by atoms with Crippen molar-refractivity contribution in [1.29, 1.82) is 0 Å². The number of carbonyl (C=O) groups is 1. The number of nitrogens with one attached hydrogen (secondary N) is 1. The third-order valence-corrected chi connectivity index (χ3v) is 3.78. The molecular formula is C13H17N3O2. The topological polar surface area (TPSA) is 90.4 Å². The number of nitrogen functional groups attached to an aromatic ring is 1. The minimum atomic E-state index is -0.462. The van der Waals surface area contributed by atoms with Gasteiger partial charge >= 0.3 is 0 Å². The highest BCUT2D eigenvalue weighted by Crippen LogP contribution is 2.36. The maximum atomic E-state index is 11.0. The quantitative estimate of drug-likeness (QED) is 0.698. The Hall–Kier alpha value is -1.75. The minimum Gasteiger partial charge on any atom is -0.397 e. The predicted octanol–water partition coefficient (Wildman–Crippen LogP) is 1.10. The van der Waals surface area contributed by atoms with Crippen LogP contribution in [0.3, 0.4) is 0 Å². The fourth-order valence-electron chi connectivity index (χ4n) is 2.84. The van der Waals surface area contributed by atoms with E-state index in [1.807, 2.05) is 0 Å². The van der Waals surface area contributed by atoms with E-state index in [0.717, 1.165) is 18.5 Å². The maximum Gasteiger partial charge on any atom is 0.248 e. The molecule has 0 saturated carbocycles. The summed E-state index contributed by atoms with van der Waals surface area (Å²) < 4.78 is 5.78. The fourth-order valence-corrected chi connectivity index (χ4v) is 2.84. The largest absolute Gasteiger partial charge is 0.397 e. The molecule has 5 heteroatoms. The summed E-state index contributed by atoms with van der Waals surface area (Å²) in [5.41, 5.74) is 13.0. The lowest BCUT2D eigenvalue weighted by Gasteiger charge is -2.22. The monoisotopic (exact) mass is 247 g/mol. The van der Waals surface area contributed by atoms with Crippen LogP contribution in [0.2, 0.25) is 0 Å². The highest BCUT2D eigenvalue weighted by molar-refractivity contribution is 5.94. The number of primary amides is 1. The van der Waals surface area contributed by atoms with Crippen molar-refractivity contribution < 1.29 is 9.53 Å². The van der Waals surface area contributed by atoms with E-state index in [9.17, 15) is 4.79 Å².